The van der Waals surface area contributed by atoms with Crippen LogP contribution >= 0.6 is 0 Å². The molecular formula is C43H69NO7. The molecule has 0 radical (unpaired) electrons. The van der Waals surface area contributed by atoms with Gasteiger partial charge in [0, 0.05) is 19.3 Å². The number of nitrogens with zero attached hydrogens (tertiary/aromatic N) is 1. The van der Waals surface area contributed by atoms with Gasteiger partial charge in [0.1, 0.15) is 12.6 Å². The Morgan fingerprint density at radius 1 is 0.608 bits per heavy atom. The predicted molar refractivity (Wildman–Crippen MR) is 208 cm³/mol. The molecule has 2 unspecified atom stereocenters. The topological polar surface area (TPSA) is 102 Å². The minimum atomic E-state index is -1.14. The van der Waals surface area contributed by atoms with E-state index in [1.165, 1.54) is 0 Å². The standard InChI is InChI=1S/C43H69NO7/c1-6-8-10-12-14-16-18-20-22-24-26-28-30-32-34-42(46)51-39(37-49-36-35-40(43(47)48)44(3,4)5)38-50-41(45)33-31-29-27-25-23-21-19-17-15-13-11-9-7-2/h8-11,13-17,19-23,39-40H,6-7,12,18,24-38H2,1-5H3/b10-8+,11-9+,15-13+,16-14+,19-17+,22-20+,23-21+. The first-order valence-electron chi connectivity index (χ1n) is 19.2. The zero-order valence-electron chi connectivity index (χ0n) is 32.5. The minimum absolute atomic E-state index is 0.0128. The van der Waals surface area contributed by atoms with Crippen LogP contribution in [0.25, 0.3) is 0 Å². The van der Waals surface area contributed by atoms with Crippen LogP contribution in [0.4, 0.5) is 0 Å². The molecule has 0 saturated heterocycles. The fraction of sp³-hybridized carbons (Fsp3) is 0.605. The molecule has 288 valence electrons. The molecule has 0 rings (SSSR count). The molecule has 0 aromatic rings. The van der Waals surface area contributed by atoms with Gasteiger partial charge >= 0.3 is 11.9 Å². The average Bonchev–Trinajstić information content (AvgIpc) is 3.08. The molecule has 0 aromatic carbocycles. The Balaban J connectivity index is 4.55. The predicted octanol–water partition coefficient (Wildman–Crippen LogP) is 8.46. The summed E-state index contributed by atoms with van der Waals surface area (Å²) in [5.74, 6) is -1.83. The molecule has 0 aliphatic carbocycles. The Morgan fingerprint density at radius 2 is 1.14 bits per heavy atom. The van der Waals surface area contributed by atoms with Crippen molar-refractivity contribution in [1.82, 2.24) is 0 Å². The van der Waals surface area contributed by atoms with Crippen molar-refractivity contribution in [2.75, 3.05) is 41.0 Å². The molecule has 0 amide bonds. The lowest BCUT2D eigenvalue weighted by Gasteiger charge is -2.34. The number of ether oxygens (including phenoxy) is 3. The molecule has 0 aliphatic rings. The third kappa shape index (κ3) is 32.2. The van der Waals surface area contributed by atoms with Gasteiger partial charge in [-0.25, -0.2) is 0 Å². The molecule has 2 atom stereocenters. The molecule has 8 nitrogen and oxygen atoms in total. The van der Waals surface area contributed by atoms with Gasteiger partial charge in [0.05, 0.1) is 40.3 Å². The summed E-state index contributed by atoms with van der Waals surface area (Å²) >= 11 is 0. The van der Waals surface area contributed by atoms with Gasteiger partial charge in [0.15, 0.2) is 6.10 Å². The van der Waals surface area contributed by atoms with E-state index in [4.69, 9.17) is 14.2 Å². The maximum absolute atomic E-state index is 12.6. The molecule has 0 fully saturated rings. The van der Waals surface area contributed by atoms with E-state index in [1.807, 2.05) is 36.5 Å². The summed E-state index contributed by atoms with van der Waals surface area (Å²) in [6.07, 6.45) is 41.8. The van der Waals surface area contributed by atoms with Gasteiger partial charge in [0.25, 0.3) is 0 Å². The molecule has 0 heterocycles. The highest BCUT2D eigenvalue weighted by Gasteiger charge is 2.25. The SMILES string of the molecule is CC/C=C/C=C/C=C/C=C/CCCCCC(=O)OCC(COCCC(C(=O)[O-])[N+](C)(C)C)OC(=O)CCCCCC/C=C/C/C=C/C/C=C/CC. The van der Waals surface area contributed by atoms with E-state index in [0.717, 1.165) is 83.5 Å². The van der Waals surface area contributed by atoms with Crippen LogP contribution in [0.5, 0.6) is 0 Å². The van der Waals surface area contributed by atoms with E-state index < -0.39 is 18.1 Å². The van der Waals surface area contributed by atoms with E-state index in [1.54, 1.807) is 21.1 Å². The third-order valence-corrected chi connectivity index (χ3v) is 7.87. The molecule has 0 saturated carbocycles. The fourth-order valence-electron chi connectivity index (χ4n) is 4.92. The van der Waals surface area contributed by atoms with Crippen molar-refractivity contribution in [2.24, 2.45) is 0 Å². The number of carbonyl (C=O) groups excluding carboxylic acids is 3. The second-order valence-corrected chi connectivity index (χ2v) is 13.5. The van der Waals surface area contributed by atoms with Crippen LogP contribution in [0, 0.1) is 0 Å². The number of hydrogen-bond donors (Lipinski definition) is 0. The Bertz CT molecular complexity index is 1110. The van der Waals surface area contributed by atoms with Crippen LogP contribution in [0.2, 0.25) is 0 Å². The van der Waals surface area contributed by atoms with Gasteiger partial charge in [-0.3, -0.25) is 9.59 Å². The smallest absolute Gasteiger partial charge is 0.306 e. The van der Waals surface area contributed by atoms with E-state index in [-0.39, 0.29) is 49.1 Å². The Labute approximate surface area is 310 Å². The molecule has 0 aromatic heterocycles. The van der Waals surface area contributed by atoms with Crippen LogP contribution in [0.1, 0.15) is 117 Å². The summed E-state index contributed by atoms with van der Waals surface area (Å²) < 4.78 is 17.0. The van der Waals surface area contributed by atoms with Crippen LogP contribution < -0.4 is 5.11 Å². The van der Waals surface area contributed by atoms with E-state index in [2.05, 4.69) is 62.5 Å². The fourth-order valence-corrected chi connectivity index (χ4v) is 4.92. The monoisotopic (exact) mass is 712 g/mol. The van der Waals surface area contributed by atoms with Gasteiger partial charge in [-0.15, -0.1) is 0 Å². The van der Waals surface area contributed by atoms with Crippen LogP contribution in [0.3, 0.4) is 0 Å². The zero-order chi connectivity index (χ0) is 37.8. The number of carbonyl (C=O) groups is 3. The lowest BCUT2D eigenvalue weighted by atomic mass is 10.1. The number of allylic oxidation sites excluding steroid dienone is 14. The lowest BCUT2D eigenvalue weighted by molar-refractivity contribution is -0.889. The number of aliphatic carboxylic acids is 1. The summed E-state index contributed by atoms with van der Waals surface area (Å²) in [7, 11) is 5.36. The van der Waals surface area contributed by atoms with E-state index in [9.17, 15) is 19.5 Å². The molecule has 0 bridgehead atoms. The van der Waals surface area contributed by atoms with E-state index >= 15 is 0 Å². The van der Waals surface area contributed by atoms with Gasteiger partial charge in [-0.05, 0) is 64.2 Å². The molecule has 51 heavy (non-hydrogen) atoms. The second-order valence-electron chi connectivity index (χ2n) is 13.5. The summed E-state index contributed by atoms with van der Waals surface area (Å²) in [6.45, 7) is 4.30. The van der Waals surface area contributed by atoms with Gasteiger partial charge in [-0.1, -0.05) is 118 Å². The number of unbranched alkanes of at least 4 members (excludes halogenated alkanes) is 7. The van der Waals surface area contributed by atoms with Gasteiger partial charge in [-0.2, -0.15) is 0 Å². The quantitative estimate of drug-likeness (QED) is 0.0227. The number of carboxylic acids is 1. The molecule has 0 aliphatic heterocycles. The van der Waals surface area contributed by atoms with Crippen LogP contribution in [-0.4, -0.2) is 75.5 Å². The Morgan fingerprint density at radius 3 is 1.76 bits per heavy atom. The van der Waals surface area contributed by atoms with Crippen molar-refractivity contribution in [3.63, 3.8) is 0 Å². The maximum Gasteiger partial charge on any atom is 0.306 e. The van der Waals surface area contributed by atoms with Crippen LogP contribution in [0.15, 0.2) is 85.1 Å². The third-order valence-electron chi connectivity index (χ3n) is 7.87. The van der Waals surface area contributed by atoms with Crippen molar-refractivity contribution in [3.05, 3.63) is 85.1 Å². The number of rotatable bonds is 32. The highest BCUT2D eigenvalue weighted by molar-refractivity contribution is 5.70. The first-order valence-corrected chi connectivity index (χ1v) is 19.2. The van der Waals surface area contributed by atoms with Crippen molar-refractivity contribution >= 4 is 17.9 Å². The number of esters is 2. The van der Waals surface area contributed by atoms with Crippen molar-refractivity contribution in [2.45, 2.75) is 129 Å². The molecule has 8 heteroatoms. The number of hydrogen-bond acceptors (Lipinski definition) is 7. The summed E-state index contributed by atoms with van der Waals surface area (Å²) in [5, 5.41) is 11.6. The number of carboxylic acid groups (broad SMARTS) is 1. The molecular weight excluding hydrogens is 642 g/mol. The minimum Gasteiger partial charge on any atom is -0.544 e. The van der Waals surface area contributed by atoms with Gasteiger partial charge < -0.3 is 28.6 Å². The largest absolute Gasteiger partial charge is 0.544 e. The summed E-state index contributed by atoms with van der Waals surface area (Å²) in [5.41, 5.74) is 0. The highest BCUT2D eigenvalue weighted by atomic mass is 16.6. The summed E-state index contributed by atoms with van der Waals surface area (Å²) in [6, 6.07) is -0.740. The van der Waals surface area contributed by atoms with Crippen molar-refractivity contribution in [1.29, 1.82) is 0 Å². The van der Waals surface area contributed by atoms with Crippen LogP contribution in [-0.2, 0) is 28.6 Å². The van der Waals surface area contributed by atoms with Gasteiger partial charge in [0.2, 0.25) is 0 Å². The molecule has 0 spiro atoms. The second kappa shape index (κ2) is 33.6. The number of quaternary nitrogens is 1. The zero-order valence-corrected chi connectivity index (χ0v) is 32.5. The Kier molecular flexibility index (Phi) is 31.3. The average molecular weight is 712 g/mol. The first-order chi connectivity index (χ1) is 24.6. The normalized spacial score (nSPS) is 14.0. The Hall–Kier alpha value is -3.49. The molecule has 0 N–H and O–H groups in total. The lowest BCUT2D eigenvalue weighted by Crippen LogP contribution is -2.55. The maximum atomic E-state index is 12.6. The van der Waals surface area contributed by atoms with Crippen molar-refractivity contribution < 1.29 is 38.2 Å². The van der Waals surface area contributed by atoms with E-state index in [0.29, 0.717) is 6.42 Å². The first kappa shape index (κ1) is 47.5. The van der Waals surface area contributed by atoms with Crippen molar-refractivity contribution in [3.8, 4) is 0 Å². The summed E-state index contributed by atoms with van der Waals surface area (Å²) in [4.78, 5) is 36.7. The number of likely N-dealkylation sites (N-methyl/N-ethyl adjacent to an activating group) is 1. The highest BCUT2D eigenvalue weighted by Crippen LogP contribution is 2.11.